The van der Waals surface area contributed by atoms with E-state index in [0.717, 1.165) is 21.9 Å². The van der Waals surface area contributed by atoms with Gasteiger partial charge in [-0.3, -0.25) is 0 Å². The summed E-state index contributed by atoms with van der Waals surface area (Å²) < 4.78 is 0. The van der Waals surface area contributed by atoms with E-state index in [1.54, 1.807) is 12.1 Å². The molecule has 0 aliphatic rings. The van der Waals surface area contributed by atoms with Crippen LogP contribution in [0.25, 0.3) is 21.9 Å². The number of aromatic carboxylic acids is 1. The van der Waals surface area contributed by atoms with Crippen LogP contribution < -0.4 is 0 Å². The molecule has 3 aromatic carbocycles. The molecular weight excluding hydrogens is 272 g/mol. The van der Waals surface area contributed by atoms with Crippen molar-refractivity contribution in [1.82, 2.24) is 0 Å². The molecule has 0 aromatic heterocycles. The van der Waals surface area contributed by atoms with E-state index in [1.807, 2.05) is 48.5 Å². The van der Waals surface area contributed by atoms with Crippen LogP contribution in [0.3, 0.4) is 0 Å². The first kappa shape index (κ1) is 12.7. The first-order chi connectivity index (χ1) is 9.63. The SMILES string of the molecule is O=C(O)c1ccc2cc(-c3ccc(Cl)cc3)ccc2c1. The van der Waals surface area contributed by atoms with Crippen LogP contribution in [0.4, 0.5) is 0 Å². The van der Waals surface area contributed by atoms with E-state index >= 15 is 0 Å². The zero-order chi connectivity index (χ0) is 14.1. The zero-order valence-electron chi connectivity index (χ0n) is 10.5. The molecule has 2 nitrogen and oxygen atoms in total. The van der Waals surface area contributed by atoms with Crippen molar-refractivity contribution in [1.29, 1.82) is 0 Å². The van der Waals surface area contributed by atoms with Crippen molar-refractivity contribution in [3.8, 4) is 11.1 Å². The van der Waals surface area contributed by atoms with Crippen LogP contribution in [0.5, 0.6) is 0 Å². The van der Waals surface area contributed by atoms with Crippen LogP contribution >= 0.6 is 11.6 Å². The van der Waals surface area contributed by atoms with E-state index < -0.39 is 5.97 Å². The monoisotopic (exact) mass is 282 g/mol. The maximum absolute atomic E-state index is 11.0. The maximum Gasteiger partial charge on any atom is 0.335 e. The van der Waals surface area contributed by atoms with E-state index in [4.69, 9.17) is 16.7 Å². The minimum Gasteiger partial charge on any atom is -0.478 e. The summed E-state index contributed by atoms with van der Waals surface area (Å²) in [5.41, 5.74) is 2.47. The minimum absolute atomic E-state index is 0.303. The van der Waals surface area contributed by atoms with Gasteiger partial charge in [0.15, 0.2) is 0 Å². The number of rotatable bonds is 2. The van der Waals surface area contributed by atoms with Gasteiger partial charge in [0.2, 0.25) is 0 Å². The van der Waals surface area contributed by atoms with Crippen molar-refractivity contribution < 1.29 is 9.90 Å². The summed E-state index contributed by atoms with van der Waals surface area (Å²) in [5, 5.41) is 11.6. The van der Waals surface area contributed by atoms with E-state index in [1.165, 1.54) is 0 Å². The fourth-order valence-electron chi connectivity index (χ4n) is 2.20. The van der Waals surface area contributed by atoms with E-state index in [9.17, 15) is 4.79 Å². The Morgan fingerprint density at radius 2 is 1.40 bits per heavy atom. The molecule has 0 heterocycles. The van der Waals surface area contributed by atoms with Crippen molar-refractivity contribution >= 4 is 28.3 Å². The summed E-state index contributed by atoms with van der Waals surface area (Å²) in [6, 6.07) is 18.7. The second-order valence-electron chi connectivity index (χ2n) is 4.59. The lowest BCUT2D eigenvalue weighted by atomic mass is 10.00. The third-order valence-electron chi connectivity index (χ3n) is 3.26. The Labute approximate surface area is 121 Å². The Morgan fingerprint density at radius 1 is 0.800 bits per heavy atom. The molecule has 3 heteroatoms. The molecule has 3 rings (SSSR count). The minimum atomic E-state index is -0.909. The fraction of sp³-hybridized carbons (Fsp3) is 0. The Bertz CT molecular complexity index is 792. The van der Waals surface area contributed by atoms with Gasteiger partial charge in [-0.25, -0.2) is 4.79 Å². The predicted molar refractivity (Wildman–Crippen MR) is 81.4 cm³/mol. The van der Waals surface area contributed by atoms with Crippen LogP contribution in [0.15, 0.2) is 60.7 Å². The largest absolute Gasteiger partial charge is 0.478 e. The molecule has 0 saturated carbocycles. The van der Waals surface area contributed by atoms with Gasteiger partial charge in [-0.15, -0.1) is 0 Å². The van der Waals surface area contributed by atoms with Crippen molar-refractivity contribution in [2.75, 3.05) is 0 Å². The molecule has 98 valence electrons. The number of carboxylic acids is 1. The summed E-state index contributed by atoms with van der Waals surface area (Å²) in [7, 11) is 0. The highest BCUT2D eigenvalue weighted by molar-refractivity contribution is 6.30. The Hall–Kier alpha value is -2.32. The molecule has 0 fully saturated rings. The maximum atomic E-state index is 11.0. The smallest absolute Gasteiger partial charge is 0.335 e. The lowest BCUT2D eigenvalue weighted by molar-refractivity contribution is 0.0697. The molecule has 0 aliphatic heterocycles. The molecule has 0 saturated heterocycles. The van der Waals surface area contributed by atoms with Crippen LogP contribution in [0.2, 0.25) is 5.02 Å². The number of hydrogen-bond acceptors (Lipinski definition) is 1. The first-order valence-corrected chi connectivity index (χ1v) is 6.54. The average Bonchev–Trinajstić information content (AvgIpc) is 2.47. The van der Waals surface area contributed by atoms with Gasteiger partial charge in [-0.2, -0.15) is 0 Å². The summed E-state index contributed by atoms with van der Waals surface area (Å²) in [4.78, 5) is 11.0. The average molecular weight is 283 g/mol. The highest BCUT2D eigenvalue weighted by Crippen LogP contribution is 2.26. The van der Waals surface area contributed by atoms with Crippen molar-refractivity contribution in [2.45, 2.75) is 0 Å². The topological polar surface area (TPSA) is 37.3 Å². The molecule has 0 spiro atoms. The summed E-state index contributed by atoms with van der Waals surface area (Å²) in [5.74, 6) is -0.909. The molecule has 3 aromatic rings. The second-order valence-corrected chi connectivity index (χ2v) is 5.03. The first-order valence-electron chi connectivity index (χ1n) is 6.16. The van der Waals surface area contributed by atoms with Crippen LogP contribution in [0.1, 0.15) is 10.4 Å². The molecule has 0 bridgehead atoms. The number of carboxylic acid groups (broad SMARTS) is 1. The van der Waals surface area contributed by atoms with Crippen LogP contribution in [0, 0.1) is 0 Å². The van der Waals surface area contributed by atoms with Gasteiger partial charge < -0.3 is 5.11 Å². The second kappa shape index (κ2) is 4.99. The van der Waals surface area contributed by atoms with Gasteiger partial charge in [0, 0.05) is 5.02 Å². The Kier molecular flexibility index (Phi) is 3.17. The Balaban J connectivity index is 2.09. The predicted octanol–water partition coefficient (Wildman–Crippen LogP) is 4.86. The van der Waals surface area contributed by atoms with Gasteiger partial charge in [-0.05, 0) is 52.2 Å². The molecular formula is C17H11ClO2. The number of carbonyl (C=O) groups is 1. The molecule has 0 unspecified atom stereocenters. The quantitative estimate of drug-likeness (QED) is 0.729. The number of hydrogen-bond donors (Lipinski definition) is 1. The number of fused-ring (bicyclic) bond motifs is 1. The summed E-state index contributed by atoms with van der Waals surface area (Å²) in [6.07, 6.45) is 0. The highest BCUT2D eigenvalue weighted by Gasteiger charge is 2.05. The summed E-state index contributed by atoms with van der Waals surface area (Å²) >= 11 is 5.89. The normalized spacial score (nSPS) is 10.7. The highest BCUT2D eigenvalue weighted by atomic mass is 35.5. The van der Waals surface area contributed by atoms with Gasteiger partial charge in [-0.1, -0.05) is 41.9 Å². The van der Waals surface area contributed by atoms with Gasteiger partial charge in [0.25, 0.3) is 0 Å². The third kappa shape index (κ3) is 2.38. The molecule has 20 heavy (non-hydrogen) atoms. The fourth-order valence-corrected chi connectivity index (χ4v) is 2.33. The summed E-state index contributed by atoms with van der Waals surface area (Å²) in [6.45, 7) is 0. The molecule has 0 amide bonds. The van der Waals surface area contributed by atoms with Gasteiger partial charge >= 0.3 is 5.97 Å². The van der Waals surface area contributed by atoms with Crippen molar-refractivity contribution in [3.05, 3.63) is 71.2 Å². The van der Waals surface area contributed by atoms with E-state index in [-0.39, 0.29) is 0 Å². The lowest BCUT2D eigenvalue weighted by Gasteiger charge is -2.05. The van der Waals surface area contributed by atoms with E-state index in [2.05, 4.69) is 0 Å². The molecule has 0 atom stereocenters. The van der Waals surface area contributed by atoms with Crippen LogP contribution in [-0.2, 0) is 0 Å². The van der Waals surface area contributed by atoms with Crippen molar-refractivity contribution in [2.24, 2.45) is 0 Å². The molecule has 0 radical (unpaired) electrons. The van der Waals surface area contributed by atoms with Crippen LogP contribution in [-0.4, -0.2) is 11.1 Å². The number of halogens is 1. The van der Waals surface area contributed by atoms with Gasteiger partial charge in [0.1, 0.15) is 0 Å². The standard InChI is InChI=1S/C17H11ClO2/c18-16-7-5-11(6-8-16)12-1-2-14-10-15(17(19)20)4-3-13(14)9-12/h1-10H,(H,19,20). The zero-order valence-corrected chi connectivity index (χ0v) is 11.3. The van der Waals surface area contributed by atoms with E-state index in [0.29, 0.717) is 10.6 Å². The number of benzene rings is 3. The molecule has 0 aliphatic carbocycles. The lowest BCUT2D eigenvalue weighted by Crippen LogP contribution is -1.95. The van der Waals surface area contributed by atoms with Crippen molar-refractivity contribution in [3.63, 3.8) is 0 Å². The third-order valence-corrected chi connectivity index (χ3v) is 3.52. The molecule has 1 N–H and O–H groups in total. The Morgan fingerprint density at radius 3 is 2.10 bits per heavy atom. The van der Waals surface area contributed by atoms with Gasteiger partial charge in [0.05, 0.1) is 5.56 Å².